The molecule has 32 heavy (non-hydrogen) atoms. The topological polar surface area (TPSA) is 71.3 Å². The zero-order valence-corrected chi connectivity index (χ0v) is 21.0. The summed E-state index contributed by atoms with van der Waals surface area (Å²) in [7, 11) is 0. The van der Waals surface area contributed by atoms with Gasteiger partial charge in [0, 0.05) is 19.5 Å². The SMILES string of the molecule is Cc1ccc(C2CCN(C(=O)C(Nc3nnc(CC(C)(C)C)o3)C(C)C)CC2(C)C)cc1. The molecule has 2 heterocycles. The fraction of sp³-hybridized carbons (Fsp3) is 0.654. The number of carbonyl (C=O) groups is 1. The maximum absolute atomic E-state index is 13.5. The van der Waals surface area contributed by atoms with Crippen LogP contribution in [-0.2, 0) is 11.2 Å². The molecule has 1 fully saturated rings. The van der Waals surface area contributed by atoms with Crippen molar-refractivity contribution in [1.29, 1.82) is 0 Å². The van der Waals surface area contributed by atoms with Gasteiger partial charge in [-0.05, 0) is 41.6 Å². The van der Waals surface area contributed by atoms with Gasteiger partial charge in [-0.3, -0.25) is 4.79 Å². The van der Waals surface area contributed by atoms with Crippen LogP contribution in [0.25, 0.3) is 0 Å². The Morgan fingerprint density at radius 3 is 2.44 bits per heavy atom. The first-order valence-electron chi connectivity index (χ1n) is 11.8. The van der Waals surface area contributed by atoms with E-state index in [0.717, 1.165) is 19.5 Å². The number of benzene rings is 1. The summed E-state index contributed by atoms with van der Waals surface area (Å²) in [6, 6.07) is 8.76. The number of nitrogens with zero attached hydrogens (tertiary/aromatic N) is 3. The van der Waals surface area contributed by atoms with Crippen molar-refractivity contribution in [2.75, 3.05) is 18.4 Å². The van der Waals surface area contributed by atoms with Crippen molar-refractivity contribution in [2.45, 2.75) is 80.2 Å². The molecule has 0 bridgehead atoms. The van der Waals surface area contributed by atoms with Gasteiger partial charge in [-0.15, -0.1) is 5.10 Å². The monoisotopic (exact) mass is 440 g/mol. The number of anilines is 1. The van der Waals surface area contributed by atoms with E-state index in [1.54, 1.807) is 0 Å². The number of carbonyl (C=O) groups excluding carboxylic acids is 1. The van der Waals surface area contributed by atoms with E-state index in [1.807, 2.05) is 18.7 Å². The van der Waals surface area contributed by atoms with Crippen LogP contribution in [-0.4, -0.2) is 40.1 Å². The molecule has 176 valence electrons. The molecule has 1 amide bonds. The second-order valence-corrected chi connectivity index (χ2v) is 11.6. The van der Waals surface area contributed by atoms with E-state index in [4.69, 9.17) is 4.42 Å². The second-order valence-electron chi connectivity index (χ2n) is 11.6. The van der Waals surface area contributed by atoms with Crippen LogP contribution in [0.3, 0.4) is 0 Å². The summed E-state index contributed by atoms with van der Waals surface area (Å²) in [5, 5.41) is 11.5. The Labute approximate surface area is 193 Å². The van der Waals surface area contributed by atoms with Crippen molar-refractivity contribution in [3.05, 3.63) is 41.3 Å². The minimum atomic E-state index is -0.398. The Kier molecular flexibility index (Phi) is 7.01. The molecule has 1 saturated heterocycles. The first kappa shape index (κ1) is 24.3. The summed E-state index contributed by atoms with van der Waals surface area (Å²) in [6.45, 7) is 18.6. The van der Waals surface area contributed by atoms with Gasteiger partial charge in [-0.25, -0.2) is 0 Å². The third kappa shape index (κ3) is 5.90. The van der Waals surface area contributed by atoms with Crippen LogP contribution in [0.5, 0.6) is 0 Å². The van der Waals surface area contributed by atoms with Crippen molar-refractivity contribution in [3.63, 3.8) is 0 Å². The number of aryl methyl sites for hydroxylation is 1. The quantitative estimate of drug-likeness (QED) is 0.647. The van der Waals surface area contributed by atoms with Crippen molar-refractivity contribution in [2.24, 2.45) is 16.7 Å². The summed E-state index contributed by atoms with van der Waals surface area (Å²) in [6.07, 6.45) is 1.66. The van der Waals surface area contributed by atoms with E-state index >= 15 is 0 Å². The molecule has 1 aromatic heterocycles. The van der Waals surface area contributed by atoms with E-state index in [9.17, 15) is 4.79 Å². The molecule has 1 aliphatic heterocycles. The van der Waals surface area contributed by atoms with Crippen LogP contribution >= 0.6 is 0 Å². The molecular formula is C26H40N4O2. The van der Waals surface area contributed by atoms with Gasteiger partial charge in [-0.2, -0.15) is 0 Å². The number of nitrogens with one attached hydrogen (secondary N) is 1. The number of aromatic nitrogens is 2. The van der Waals surface area contributed by atoms with Gasteiger partial charge in [0.1, 0.15) is 6.04 Å². The van der Waals surface area contributed by atoms with Crippen LogP contribution in [0.2, 0.25) is 0 Å². The molecule has 1 aromatic carbocycles. The van der Waals surface area contributed by atoms with E-state index < -0.39 is 6.04 Å². The maximum atomic E-state index is 13.5. The van der Waals surface area contributed by atoms with Gasteiger partial charge in [0.25, 0.3) is 0 Å². The standard InChI is InChI=1S/C26H40N4O2/c1-17(2)22(27-24-29-28-21(32-24)15-25(4,5)6)23(31)30-14-13-20(26(7,8)16-30)19-11-9-18(3)10-12-19/h9-12,17,20,22H,13-16H2,1-8H3,(H,27,29). The summed E-state index contributed by atoms with van der Waals surface area (Å²) in [4.78, 5) is 15.5. The van der Waals surface area contributed by atoms with Gasteiger partial charge in [0.2, 0.25) is 11.8 Å². The van der Waals surface area contributed by atoms with Crippen LogP contribution in [0.15, 0.2) is 28.7 Å². The Balaban J connectivity index is 1.70. The van der Waals surface area contributed by atoms with E-state index in [2.05, 4.69) is 81.3 Å². The Bertz CT molecular complexity index is 909. The van der Waals surface area contributed by atoms with Crippen molar-refractivity contribution < 1.29 is 9.21 Å². The van der Waals surface area contributed by atoms with Crippen LogP contribution in [0.4, 0.5) is 6.01 Å². The number of hydrogen-bond donors (Lipinski definition) is 1. The van der Waals surface area contributed by atoms with E-state index in [1.165, 1.54) is 11.1 Å². The number of hydrogen-bond acceptors (Lipinski definition) is 5. The normalized spacial score (nSPS) is 19.8. The fourth-order valence-corrected chi connectivity index (χ4v) is 4.64. The summed E-state index contributed by atoms with van der Waals surface area (Å²) in [5.41, 5.74) is 2.69. The molecule has 6 nitrogen and oxygen atoms in total. The molecule has 2 aromatic rings. The molecule has 6 heteroatoms. The molecule has 2 atom stereocenters. The van der Waals surface area contributed by atoms with Crippen molar-refractivity contribution >= 4 is 11.9 Å². The van der Waals surface area contributed by atoms with Crippen LogP contribution < -0.4 is 5.32 Å². The number of likely N-dealkylation sites (tertiary alicyclic amines) is 1. The lowest BCUT2D eigenvalue weighted by Gasteiger charge is -2.45. The molecule has 0 radical (unpaired) electrons. The number of amides is 1. The Hall–Kier alpha value is -2.37. The third-order valence-corrected chi connectivity index (χ3v) is 6.38. The van der Waals surface area contributed by atoms with Crippen molar-refractivity contribution in [3.8, 4) is 0 Å². The van der Waals surface area contributed by atoms with Gasteiger partial charge < -0.3 is 14.6 Å². The predicted octanol–water partition coefficient (Wildman–Crippen LogP) is 5.45. The molecular weight excluding hydrogens is 400 g/mol. The minimum Gasteiger partial charge on any atom is -0.408 e. The smallest absolute Gasteiger partial charge is 0.316 e. The molecule has 0 aliphatic carbocycles. The molecule has 3 rings (SSSR count). The van der Waals surface area contributed by atoms with E-state index in [-0.39, 0.29) is 22.7 Å². The lowest BCUT2D eigenvalue weighted by molar-refractivity contribution is -0.136. The first-order chi connectivity index (χ1) is 14.9. The fourth-order valence-electron chi connectivity index (χ4n) is 4.64. The Morgan fingerprint density at radius 2 is 1.88 bits per heavy atom. The molecule has 0 saturated carbocycles. The van der Waals surface area contributed by atoms with Gasteiger partial charge in [-0.1, -0.05) is 83.4 Å². The highest BCUT2D eigenvalue weighted by Gasteiger charge is 2.40. The summed E-state index contributed by atoms with van der Waals surface area (Å²) < 4.78 is 5.80. The number of piperidine rings is 1. The highest BCUT2D eigenvalue weighted by atomic mass is 16.4. The third-order valence-electron chi connectivity index (χ3n) is 6.38. The van der Waals surface area contributed by atoms with Gasteiger partial charge >= 0.3 is 6.01 Å². The molecule has 0 spiro atoms. The summed E-state index contributed by atoms with van der Waals surface area (Å²) >= 11 is 0. The molecule has 1 aliphatic rings. The van der Waals surface area contributed by atoms with Gasteiger partial charge in [0.05, 0.1) is 0 Å². The van der Waals surface area contributed by atoms with E-state index in [0.29, 0.717) is 24.2 Å². The lowest BCUT2D eigenvalue weighted by Crippen LogP contribution is -2.53. The van der Waals surface area contributed by atoms with Crippen LogP contribution in [0, 0.1) is 23.7 Å². The lowest BCUT2D eigenvalue weighted by atomic mass is 9.70. The Morgan fingerprint density at radius 1 is 1.22 bits per heavy atom. The maximum Gasteiger partial charge on any atom is 0.316 e. The average molecular weight is 441 g/mol. The number of rotatable bonds is 6. The highest BCUT2D eigenvalue weighted by Crippen LogP contribution is 2.42. The van der Waals surface area contributed by atoms with Crippen LogP contribution in [0.1, 0.15) is 77.8 Å². The molecule has 2 unspecified atom stereocenters. The zero-order valence-electron chi connectivity index (χ0n) is 21.0. The van der Waals surface area contributed by atoms with Crippen molar-refractivity contribution in [1.82, 2.24) is 15.1 Å². The average Bonchev–Trinajstić information content (AvgIpc) is 3.10. The second kappa shape index (κ2) is 9.24. The first-order valence-corrected chi connectivity index (χ1v) is 11.8. The highest BCUT2D eigenvalue weighted by molar-refractivity contribution is 5.84. The zero-order chi connectivity index (χ0) is 23.7. The largest absolute Gasteiger partial charge is 0.408 e. The minimum absolute atomic E-state index is 0.00490. The van der Waals surface area contributed by atoms with Gasteiger partial charge in [0.15, 0.2) is 0 Å². The molecule has 1 N–H and O–H groups in total. The predicted molar refractivity (Wildman–Crippen MR) is 129 cm³/mol. The summed E-state index contributed by atoms with van der Waals surface area (Å²) in [5.74, 6) is 1.23.